The Morgan fingerprint density at radius 3 is 2.87 bits per heavy atom. The summed E-state index contributed by atoms with van der Waals surface area (Å²) in [6.07, 6.45) is 5.10. The fraction of sp³-hybridized carbons (Fsp3) is 0.125. The van der Waals surface area contributed by atoms with E-state index in [1.807, 2.05) is 18.2 Å². The maximum Gasteiger partial charge on any atom is 0.325 e. The molecule has 3 aromatic heterocycles. The van der Waals surface area contributed by atoms with Crippen molar-refractivity contribution in [1.29, 1.82) is 0 Å². The number of ether oxygens (including phenoxy) is 1. The summed E-state index contributed by atoms with van der Waals surface area (Å²) in [7, 11) is 1.26. The van der Waals surface area contributed by atoms with E-state index >= 15 is 0 Å². The summed E-state index contributed by atoms with van der Waals surface area (Å²) in [4.78, 5) is 32.0. The second-order valence-electron chi connectivity index (χ2n) is 4.74. The molecule has 7 nitrogen and oxygen atoms in total. The summed E-state index contributed by atoms with van der Waals surface area (Å²) in [6, 6.07) is 9.22. The monoisotopic (exact) mass is 310 g/mol. The molecular weight excluding hydrogens is 296 g/mol. The SMILES string of the molecule is COC(=O)CNC(=O)c1nc(-c2cccnc2)c2ccccn12. The number of rotatable bonds is 4. The summed E-state index contributed by atoms with van der Waals surface area (Å²) < 4.78 is 6.18. The van der Waals surface area contributed by atoms with Gasteiger partial charge in [0, 0.05) is 24.2 Å². The lowest BCUT2D eigenvalue weighted by Crippen LogP contribution is -2.31. The highest BCUT2D eigenvalue weighted by Crippen LogP contribution is 2.24. The second-order valence-corrected chi connectivity index (χ2v) is 4.74. The Hall–Kier alpha value is -3.22. The molecule has 116 valence electrons. The van der Waals surface area contributed by atoms with Crippen LogP contribution in [0.2, 0.25) is 0 Å². The zero-order valence-corrected chi connectivity index (χ0v) is 12.4. The van der Waals surface area contributed by atoms with Crippen molar-refractivity contribution in [2.45, 2.75) is 0 Å². The van der Waals surface area contributed by atoms with Crippen LogP contribution in [0.1, 0.15) is 10.6 Å². The van der Waals surface area contributed by atoms with Crippen molar-refractivity contribution < 1.29 is 14.3 Å². The number of pyridine rings is 2. The molecule has 0 radical (unpaired) electrons. The van der Waals surface area contributed by atoms with E-state index in [0.29, 0.717) is 5.69 Å². The van der Waals surface area contributed by atoms with Crippen LogP contribution in [0, 0.1) is 0 Å². The van der Waals surface area contributed by atoms with Crippen LogP contribution in [-0.4, -0.2) is 39.9 Å². The Balaban J connectivity index is 2.02. The number of amides is 1. The molecule has 7 heteroatoms. The molecule has 0 unspecified atom stereocenters. The van der Waals surface area contributed by atoms with Crippen molar-refractivity contribution >= 4 is 17.4 Å². The van der Waals surface area contributed by atoms with E-state index in [1.165, 1.54) is 7.11 Å². The Bertz CT molecular complexity index is 858. The molecule has 0 aliphatic rings. The van der Waals surface area contributed by atoms with Gasteiger partial charge in [0.1, 0.15) is 6.54 Å². The van der Waals surface area contributed by atoms with Crippen LogP contribution in [0.4, 0.5) is 0 Å². The number of esters is 1. The van der Waals surface area contributed by atoms with E-state index in [-0.39, 0.29) is 12.4 Å². The first-order chi connectivity index (χ1) is 11.2. The van der Waals surface area contributed by atoms with Gasteiger partial charge in [-0.15, -0.1) is 0 Å². The van der Waals surface area contributed by atoms with Crippen LogP contribution >= 0.6 is 0 Å². The minimum Gasteiger partial charge on any atom is -0.468 e. The van der Waals surface area contributed by atoms with Crippen molar-refractivity contribution in [1.82, 2.24) is 19.7 Å². The largest absolute Gasteiger partial charge is 0.468 e. The van der Waals surface area contributed by atoms with Gasteiger partial charge in [-0.05, 0) is 24.3 Å². The van der Waals surface area contributed by atoms with Gasteiger partial charge in [-0.1, -0.05) is 6.07 Å². The normalized spacial score (nSPS) is 10.5. The third kappa shape index (κ3) is 2.89. The topological polar surface area (TPSA) is 85.6 Å². The van der Waals surface area contributed by atoms with E-state index in [9.17, 15) is 9.59 Å². The number of carbonyl (C=O) groups is 2. The van der Waals surface area contributed by atoms with Crippen molar-refractivity contribution in [3.8, 4) is 11.3 Å². The fourth-order valence-electron chi connectivity index (χ4n) is 2.22. The molecule has 1 amide bonds. The van der Waals surface area contributed by atoms with E-state index in [2.05, 4.69) is 20.0 Å². The summed E-state index contributed by atoms with van der Waals surface area (Å²) in [5.41, 5.74) is 2.24. The van der Waals surface area contributed by atoms with Crippen molar-refractivity contribution in [2.75, 3.05) is 13.7 Å². The maximum absolute atomic E-state index is 12.3. The first-order valence-electron chi connectivity index (χ1n) is 6.93. The van der Waals surface area contributed by atoms with Crippen LogP contribution < -0.4 is 5.32 Å². The van der Waals surface area contributed by atoms with Gasteiger partial charge in [0.05, 0.1) is 18.3 Å². The van der Waals surface area contributed by atoms with E-state index in [0.717, 1.165) is 11.1 Å². The molecule has 3 heterocycles. The molecule has 0 atom stereocenters. The zero-order valence-electron chi connectivity index (χ0n) is 12.4. The Labute approximate surface area is 131 Å². The lowest BCUT2D eigenvalue weighted by atomic mass is 10.2. The molecule has 0 aliphatic carbocycles. The van der Waals surface area contributed by atoms with Gasteiger partial charge >= 0.3 is 5.97 Å². The van der Waals surface area contributed by atoms with E-state index in [4.69, 9.17) is 0 Å². The maximum atomic E-state index is 12.3. The Morgan fingerprint density at radius 1 is 1.26 bits per heavy atom. The van der Waals surface area contributed by atoms with E-state index < -0.39 is 11.9 Å². The smallest absolute Gasteiger partial charge is 0.325 e. The molecule has 0 fully saturated rings. The average molecular weight is 310 g/mol. The first-order valence-corrected chi connectivity index (χ1v) is 6.93. The van der Waals surface area contributed by atoms with Crippen LogP contribution in [0.15, 0.2) is 48.9 Å². The third-order valence-electron chi connectivity index (χ3n) is 3.31. The minimum absolute atomic E-state index is 0.198. The lowest BCUT2D eigenvalue weighted by Gasteiger charge is -2.02. The summed E-state index contributed by atoms with van der Waals surface area (Å²) in [5.74, 6) is -0.776. The van der Waals surface area contributed by atoms with Gasteiger partial charge < -0.3 is 10.1 Å². The van der Waals surface area contributed by atoms with Gasteiger partial charge in [0.25, 0.3) is 5.91 Å². The minimum atomic E-state index is -0.522. The molecule has 0 aromatic carbocycles. The van der Waals surface area contributed by atoms with Gasteiger partial charge in [-0.3, -0.25) is 19.0 Å². The standard InChI is InChI=1S/C16H14N4O3/c1-23-13(21)10-18-16(22)15-19-14(11-5-4-7-17-9-11)12-6-2-3-8-20(12)15/h2-9H,10H2,1H3,(H,18,22). The fourth-order valence-corrected chi connectivity index (χ4v) is 2.22. The number of nitrogens with zero attached hydrogens (tertiary/aromatic N) is 3. The number of nitrogens with one attached hydrogen (secondary N) is 1. The summed E-state index contributed by atoms with van der Waals surface area (Å²) >= 11 is 0. The van der Waals surface area contributed by atoms with Crippen LogP contribution in [0.5, 0.6) is 0 Å². The molecule has 3 aromatic rings. The number of hydrogen-bond acceptors (Lipinski definition) is 5. The Morgan fingerprint density at radius 2 is 2.13 bits per heavy atom. The van der Waals surface area contributed by atoms with Gasteiger partial charge in [0.2, 0.25) is 5.82 Å². The molecule has 1 N–H and O–H groups in total. The number of aromatic nitrogens is 3. The number of hydrogen-bond donors (Lipinski definition) is 1. The third-order valence-corrected chi connectivity index (χ3v) is 3.31. The zero-order chi connectivity index (χ0) is 16.2. The second kappa shape index (κ2) is 6.27. The van der Waals surface area contributed by atoms with Crippen LogP contribution in [-0.2, 0) is 9.53 Å². The number of fused-ring (bicyclic) bond motifs is 1. The number of imidazole rings is 1. The predicted molar refractivity (Wildman–Crippen MR) is 82.8 cm³/mol. The highest BCUT2D eigenvalue weighted by Gasteiger charge is 2.18. The van der Waals surface area contributed by atoms with Crippen LogP contribution in [0.25, 0.3) is 16.8 Å². The highest BCUT2D eigenvalue weighted by atomic mass is 16.5. The van der Waals surface area contributed by atoms with E-state index in [1.54, 1.807) is 35.1 Å². The molecule has 23 heavy (non-hydrogen) atoms. The van der Waals surface area contributed by atoms with Gasteiger partial charge in [-0.25, -0.2) is 4.98 Å². The van der Waals surface area contributed by atoms with Crippen molar-refractivity contribution in [3.05, 3.63) is 54.7 Å². The molecular formula is C16H14N4O3. The molecule has 0 saturated carbocycles. The van der Waals surface area contributed by atoms with Gasteiger partial charge in [0.15, 0.2) is 0 Å². The quantitative estimate of drug-likeness (QED) is 0.734. The average Bonchev–Trinajstić information content (AvgIpc) is 3.00. The molecule has 3 rings (SSSR count). The van der Waals surface area contributed by atoms with Gasteiger partial charge in [-0.2, -0.15) is 0 Å². The predicted octanol–water partition coefficient (Wildman–Crippen LogP) is 1.30. The number of methoxy groups -OCH3 is 1. The Kier molecular flexibility index (Phi) is 4.01. The van der Waals surface area contributed by atoms with Crippen molar-refractivity contribution in [2.24, 2.45) is 0 Å². The first kappa shape index (κ1) is 14.7. The molecule has 0 spiro atoms. The lowest BCUT2D eigenvalue weighted by molar-refractivity contribution is -0.139. The summed E-state index contributed by atoms with van der Waals surface area (Å²) in [5, 5.41) is 2.49. The van der Waals surface area contributed by atoms with Crippen LogP contribution in [0.3, 0.4) is 0 Å². The summed E-state index contributed by atoms with van der Waals surface area (Å²) in [6.45, 7) is -0.209. The number of carbonyl (C=O) groups excluding carboxylic acids is 2. The van der Waals surface area contributed by atoms with Crippen molar-refractivity contribution in [3.63, 3.8) is 0 Å². The molecule has 0 aliphatic heterocycles. The molecule has 0 bridgehead atoms. The molecule has 0 saturated heterocycles. The highest BCUT2D eigenvalue weighted by molar-refractivity contribution is 5.96.